The minimum absolute atomic E-state index is 0.00366. The number of amides is 2. The highest BCUT2D eigenvalue weighted by molar-refractivity contribution is 6.39. The van der Waals surface area contributed by atoms with Gasteiger partial charge in [-0.2, -0.15) is 0 Å². The second kappa shape index (κ2) is 13.0. The molecule has 8 rings (SSSR count). The summed E-state index contributed by atoms with van der Waals surface area (Å²) < 4.78 is 11.9. The van der Waals surface area contributed by atoms with Crippen molar-refractivity contribution in [3.8, 4) is 45.4 Å². The summed E-state index contributed by atoms with van der Waals surface area (Å²) in [5, 5.41) is 14.1. The molecule has 48 heavy (non-hydrogen) atoms. The van der Waals surface area contributed by atoms with Gasteiger partial charge in [-0.05, 0) is 37.1 Å². The first-order valence-corrected chi connectivity index (χ1v) is 17.1. The van der Waals surface area contributed by atoms with E-state index in [2.05, 4.69) is 21.3 Å². The number of carbonyl (C=O) groups excluding carboxylic acids is 2. The highest BCUT2D eigenvalue weighted by Crippen LogP contribution is 2.43. The summed E-state index contributed by atoms with van der Waals surface area (Å²) in [6.07, 6.45) is 2.83. The molecule has 2 saturated heterocycles. The summed E-state index contributed by atoms with van der Waals surface area (Å²) in [6.45, 7) is 2.31. The molecule has 0 bridgehead atoms. The molecular formula is C36H34Cl2N6O4. The SMILES string of the molecule is O=C1CC[C@H](CN[C@@H]2COc3nc(-c4cccc(-c5cccc(-c6ccc7c(n6)OC[C@H]7NC[C@@H]6CCC(=O)N6)c5Cl)c4Cl)ccc32)N1. The number of rotatable bonds is 9. The van der Waals surface area contributed by atoms with E-state index in [0.717, 1.165) is 46.2 Å². The second-order valence-electron chi connectivity index (χ2n) is 12.7. The fraction of sp³-hybridized carbons (Fsp3) is 0.333. The van der Waals surface area contributed by atoms with Gasteiger partial charge in [0.25, 0.3) is 0 Å². The molecule has 12 heteroatoms. The van der Waals surface area contributed by atoms with Crippen molar-refractivity contribution in [3.63, 3.8) is 0 Å². The van der Waals surface area contributed by atoms with Crippen LogP contribution in [0.1, 0.15) is 48.9 Å². The van der Waals surface area contributed by atoms with Crippen LogP contribution < -0.4 is 30.7 Å². The maximum Gasteiger partial charge on any atom is 0.220 e. The van der Waals surface area contributed by atoms with Crippen molar-refractivity contribution in [2.45, 2.75) is 49.9 Å². The number of aromatic nitrogens is 2. The smallest absolute Gasteiger partial charge is 0.220 e. The molecule has 4 aliphatic rings. The van der Waals surface area contributed by atoms with Crippen molar-refractivity contribution >= 4 is 35.0 Å². The molecule has 0 saturated carbocycles. The fourth-order valence-corrected chi connectivity index (χ4v) is 7.56. The van der Waals surface area contributed by atoms with Crippen LogP contribution in [0, 0.1) is 0 Å². The van der Waals surface area contributed by atoms with Crippen LogP contribution in [0.2, 0.25) is 10.0 Å². The van der Waals surface area contributed by atoms with Gasteiger partial charge in [0.15, 0.2) is 0 Å². The molecule has 0 unspecified atom stereocenters. The van der Waals surface area contributed by atoms with Crippen LogP contribution in [-0.2, 0) is 9.59 Å². The zero-order chi connectivity index (χ0) is 32.8. The molecule has 2 amide bonds. The minimum Gasteiger partial charge on any atom is -0.475 e. The molecule has 10 nitrogen and oxygen atoms in total. The number of fused-ring (bicyclic) bond motifs is 2. The third-order valence-electron chi connectivity index (χ3n) is 9.53. The Labute approximate surface area is 287 Å². The molecule has 4 atom stereocenters. The zero-order valence-electron chi connectivity index (χ0n) is 26.0. The standard InChI is InChI=1S/C36H34Cl2N6O4/c37-33-21(3-1-5-23(33)27-11-9-25-29(17-47-35(25)43-27)39-15-19-7-13-31(45)41-19)22-4-2-6-24(34(22)38)28-12-10-26-30(18-48-36(26)44-28)40-16-20-8-14-32(46)42-20/h1-6,9-12,19-20,29-30,39-40H,7-8,13-18H2,(H,41,45)(H,42,46)/t19-,20+,29-,30-/m1/s1. The van der Waals surface area contributed by atoms with Crippen molar-refractivity contribution in [2.24, 2.45) is 0 Å². The van der Waals surface area contributed by atoms with Gasteiger partial charge in [0.1, 0.15) is 13.2 Å². The van der Waals surface area contributed by atoms with E-state index in [4.69, 9.17) is 42.6 Å². The molecule has 4 N–H and O–H groups in total. The minimum atomic E-state index is 0.00366. The Morgan fingerprint density at radius 3 is 1.50 bits per heavy atom. The van der Waals surface area contributed by atoms with Crippen LogP contribution >= 0.6 is 23.2 Å². The van der Waals surface area contributed by atoms with E-state index in [1.54, 1.807) is 0 Å². The lowest BCUT2D eigenvalue weighted by molar-refractivity contribution is -0.120. The topological polar surface area (TPSA) is 126 Å². The van der Waals surface area contributed by atoms with Crippen LogP contribution in [-0.4, -0.2) is 60.2 Å². The zero-order valence-corrected chi connectivity index (χ0v) is 27.5. The highest BCUT2D eigenvalue weighted by Gasteiger charge is 2.30. The van der Waals surface area contributed by atoms with Gasteiger partial charge in [-0.15, -0.1) is 0 Å². The third kappa shape index (κ3) is 5.98. The molecule has 2 fully saturated rings. The molecule has 6 heterocycles. The number of nitrogens with one attached hydrogen (secondary N) is 4. The molecule has 0 spiro atoms. The maximum absolute atomic E-state index is 11.6. The van der Waals surface area contributed by atoms with Gasteiger partial charge in [0.05, 0.1) is 33.5 Å². The summed E-state index contributed by atoms with van der Waals surface area (Å²) >= 11 is 14.2. The first-order valence-electron chi connectivity index (χ1n) is 16.3. The first kappa shape index (κ1) is 31.1. The van der Waals surface area contributed by atoms with E-state index in [0.29, 0.717) is 72.3 Å². The number of hydrogen-bond acceptors (Lipinski definition) is 8. The molecular weight excluding hydrogens is 651 g/mol. The van der Waals surface area contributed by atoms with Crippen LogP contribution in [0.15, 0.2) is 60.7 Å². The van der Waals surface area contributed by atoms with E-state index >= 15 is 0 Å². The van der Waals surface area contributed by atoms with Gasteiger partial charge in [0.2, 0.25) is 23.6 Å². The quantitative estimate of drug-likeness (QED) is 0.185. The number of benzene rings is 2. The Bertz CT molecular complexity index is 1780. The Morgan fingerprint density at radius 2 is 1.08 bits per heavy atom. The van der Waals surface area contributed by atoms with Crippen molar-refractivity contribution in [1.82, 2.24) is 31.2 Å². The lowest BCUT2D eigenvalue weighted by Gasteiger charge is -2.16. The largest absolute Gasteiger partial charge is 0.475 e. The molecule has 0 aliphatic carbocycles. The Balaban J connectivity index is 1.01. The predicted molar refractivity (Wildman–Crippen MR) is 183 cm³/mol. The van der Waals surface area contributed by atoms with E-state index in [9.17, 15) is 9.59 Å². The second-order valence-corrected chi connectivity index (χ2v) is 13.4. The lowest BCUT2D eigenvalue weighted by atomic mass is 9.97. The number of halogens is 2. The average molecular weight is 686 g/mol. The molecule has 4 aromatic rings. The van der Waals surface area contributed by atoms with E-state index < -0.39 is 0 Å². The summed E-state index contributed by atoms with van der Waals surface area (Å²) in [6, 6.07) is 19.9. The van der Waals surface area contributed by atoms with Gasteiger partial charge in [-0.1, -0.05) is 59.6 Å². The van der Waals surface area contributed by atoms with Gasteiger partial charge < -0.3 is 30.7 Å². The maximum atomic E-state index is 11.6. The summed E-state index contributed by atoms with van der Waals surface area (Å²) in [5.41, 5.74) is 6.48. The third-order valence-corrected chi connectivity index (χ3v) is 10.3. The Kier molecular flexibility index (Phi) is 8.42. The normalized spacial score (nSPS) is 22.5. The molecule has 0 radical (unpaired) electrons. The molecule has 246 valence electrons. The molecule has 2 aromatic heterocycles. The Morgan fingerprint density at radius 1 is 0.646 bits per heavy atom. The highest BCUT2D eigenvalue weighted by atomic mass is 35.5. The van der Waals surface area contributed by atoms with Crippen molar-refractivity contribution in [3.05, 3.63) is 81.8 Å². The van der Waals surface area contributed by atoms with Gasteiger partial charge in [-0.25, -0.2) is 9.97 Å². The number of carbonyl (C=O) groups is 2. The molecule has 4 aliphatic heterocycles. The number of pyridine rings is 2. The molecule has 2 aromatic carbocycles. The summed E-state index contributed by atoms with van der Waals surface area (Å²) in [7, 11) is 0. The van der Waals surface area contributed by atoms with E-state index in [-0.39, 0.29) is 36.0 Å². The first-order chi connectivity index (χ1) is 23.4. The monoisotopic (exact) mass is 684 g/mol. The fourth-order valence-electron chi connectivity index (χ4n) is 6.91. The van der Waals surface area contributed by atoms with Crippen LogP contribution in [0.25, 0.3) is 33.6 Å². The lowest BCUT2D eigenvalue weighted by Crippen LogP contribution is -2.37. The average Bonchev–Trinajstić information content (AvgIpc) is 3.90. The van der Waals surface area contributed by atoms with Crippen LogP contribution in [0.5, 0.6) is 11.8 Å². The number of ether oxygens (including phenoxy) is 2. The van der Waals surface area contributed by atoms with Crippen molar-refractivity contribution in [2.75, 3.05) is 26.3 Å². The van der Waals surface area contributed by atoms with Gasteiger partial charge in [-0.3, -0.25) is 9.59 Å². The van der Waals surface area contributed by atoms with Crippen molar-refractivity contribution < 1.29 is 19.1 Å². The predicted octanol–water partition coefficient (Wildman–Crippen LogP) is 5.39. The van der Waals surface area contributed by atoms with Gasteiger partial charge in [0, 0.05) is 71.4 Å². The van der Waals surface area contributed by atoms with Crippen molar-refractivity contribution in [1.29, 1.82) is 0 Å². The summed E-state index contributed by atoms with van der Waals surface area (Å²) in [5.74, 6) is 1.37. The van der Waals surface area contributed by atoms with Crippen LogP contribution in [0.4, 0.5) is 0 Å². The van der Waals surface area contributed by atoms with Gasteiger partial charge >= 0.3 is 0 Å². The van der Waals surface area contributed by atoms with Crippen LogP contribution in [0.3, 0.4) is 0 Å². The van der Waals surface area contributed by atoms with E-state index in [1.165, 1.54) is 0 Å². The number of nitrogens with zero attached hydrogens (tertiary/aromatic N) is 2. The number of hydrogen-bond donors (Lipinski definition) is 4. The Hall–Kier alpha value is -4.22. The van der Waals surface area contributed by atoms with E-state index in [1.807, 2.05) is 60.7 Å². The summed E-state index contributed by atoms with van der Waals surface area (Å²) in [4.78, 5) is 32.8.